The highest BCUT2D eigenvalue weighted by molar-refractivity contribution is 5.94. The van der Waals surface area contributed by atoms with E-state index in [2.05, 4.69) is 37.7 Å². The molecule has 3 N–H and O–H groups in total. The van der Waals surface area contributed by atoms with Crippen LogP contribution >= 0.6 is 0 Å². The summed E-state index contributed by atoms with van der Waals surface area (Å²) in [5, 5.41) is 6.26. The van der Waals surface area contributed by atoms with E-state index >= 15 is 0 Å². The number of H-pyrrole nitrogens is 1. The summed E-state index contributed by atoms with van der Waals surface area (Å²) in [4.78, 5) is 26.2. The second kappa shape index (κ2) is 10.8. The third-order valence-electron chi connectivity index (χ3n) is 4.63. The van der Waals surface area contributed by atoms with E-state index in [0.717, 1.165) is 29.5 Å². The van der Waals surface area contributed by atoms with E-state index < -0.39 is 0 Å². The Kier molecular flexibility index (Phi) is 7.60. The van der Waals surface area contributed by atoms with Gasteiger partial charge in [0.15, 0.2) is 5.96 Å². The molecular weight excluding hydrogens is 376 g/mol. The summed E-state index contributed by atoms with van der Waals surface area (Å²) < 4.78 is 0. The highest BCUT2D eigenvalue weighted by Gasteiger charge is 2.10. The van der Waals surface area contributed by atoms with Gasteiger partial charge in [-0.1, -0.05) is 48.5 Å². The van der Waals surface area contributed by atoms with Crippen molar-refractivity contribution in [1.29, 1.82) is 0 Å². The molecule has 7 nitrogen and oxygen atoms in total. The van der Waals surface area contributed by atoms with Crippen LogP contribution in [0.1, 0.15) is 22.6 Å². The van der Waals surface area contributed by atoms with Gasteiger partial charge in [0, 0.05) is 32.7 Å². The Morgan fingerprint density at radius 2 is 1.70 bits per heavy atom. The number of nitrogens with one attached hydrogen (secondary N) is 3. The van der Waals surface area contributed by atoms with Crippen molar-refractivity contribution < 1.29 is 4.79 Å². The number of guanidine groups is 1. The molecule has 1 amide bonds. The number of carbonyl (C=O) groups excluding carboxylic acids is 1. The Balaban J connectivity index is 1.41. The van der Waals surface area contributed by atoms with Crippen molar-refractivity contribution in [3.8, 4) is 11.3 Å². The molecule has 0 saturated heterocycles. The fraction of sp³-hybridized carbons (Fsp3) is 0.261. The summed E-state index contributed by atoms with van der Waals surface area (Å²) in [6.45, 7) is 1.91. The zero-order chi connectivity index (χ0) is 21.2. The van der Waals surface area contributed by atoms with Crippen molar-refractivity contribution in [3.05, 3.63) is 78.2 Å². The van der Waals surface area contributed by atoms with Gasteiger partial charge in [0.25, 0.3) is 5.91 Å². The predicted molar refractivity (Wildman–Crippen MR) is 120 cm³/mol. The first-order chi connectivity index (χ1) is 14.7. The van der Waals surface area contributed by atoms with Gasteiger partial charge in [0.2, 0.25) is 0 Å². The van der Waals surface area contributed by atoms with Gasteiger partial charge in [-0.15, -0.1) is 0 Å². The first-order valence-electron chi connectivity index (χ1n) is 10.0. The van der Waals surface area contributed by atoms with Gasteiger partial charge in [0.1, 0.15) is 5.82 Å². The number of carbonyl (C=O) groups is 1. The minimum Gasteiger partial charge on any atom is -0.356 e. The van der Waals surface area contributed by atoms with Crippen molar-refractivity contribution >= 4 is 11.9 Å². The van der Waals surface area contributed by atoms with Crippen molar-refractivity contribution in [2.75, 3.05) is 27.2 Å². The van der Waals surface area contributed by atoms with Crippen LogP contribution in [0.25, 0.3) is 11.3 Å². The number of nitrogens with zero attached hydrogens (tertiary/aromatic N) is 3. The van der Waals surface area contributed by atoms with Crippen LogP contribution < -0.4 is 10.6 Å². The van der Waals surface area contributed by atoms with E-state index in [0.29, 0.717) is 25.2 Å². The normalized spacial score (nSPS) is 11.2. The maximum atomic E-state index is 12.0. The molecule has 1 heterocycles. The smallest absolute Gasteiger partial charge is 0.251 e. The lowest BCUT2D eigenvalue weighted by Crippen LogP contribution is -2.40. The minimum absolute atomic E-state index is 0.0517. The Morgan fingerprint density at radius 3 is 2.40 bits per heavy atom. The van der Waals surface area contributed by atoms with E-state index in [1.807, 2.05) is 66.7 Å². The Labute approximate surface area is 177 Å². The van der Waals surface area contributed by atoms with Crippen molar-refractivity contribution in [2.45, 2.75) is 13.0 Å². The highest BCUT2D eigenvalue weighted by atomic mass is 16.1. The molecule has 0 aliphatic heterocycles. The molecule has 0 saturated carbocycles. The third kappa shape index (κ3) is 5.94. The summed E-state index contributed by atoms with van der Waals surface area (Å²) in [6, 6.07) is 19.4. The maximum Gasteiger partial charge on any atom is 0.251 e. The number of benzene rings is 2. The van der Waals surface area contributed by atoms with Gasteiger partial charge in [-0.05, 0) is 24.1 Å². The molecule has 7 heteroatoms. The molecule has 0 atom stereocenters. The molecule has 2 aromatic carbocycles. The average Bonchev–Trinajstić information content (AvgIpc) is 3.25. The van der Waals surface area contributed by atoms with Crippen molar-refractivity contribution in [2.24, 2.45) is 4.99 Å². The van der Waals surface area contributed by atoms with Gasteiger partial charge in [0.05, 0.1) is 18.4 Å². The molecule has 30 heavy (non-hydrogen) atoms. The first kappa shape index (κ1) is 21.1. The highest BCUT2D eigenvalue weighted by Crippen LogP contribution is 2.16. The van der Waals surface area contributed by atoms with Crippen LogP contribution in [-0.2, 0) is 6.54 Å². The number of hydrogen-bond donors (Lipinski definition) is 3. The van der Waals surface area contributed by atoms with E-state index in [9.17, 15) is 4.79 Å². The predicted octanol–water partition coefficient (Wildman–Crippen LogP) is 2.90. The van der Waals surface area contributed by atoms with Crippen molar-refractivity contribution in [1.82, 2.24) is 25.5 Å². The number of hydrogen-bond acceptors (Lipinski definition) is 3. The standard InChI is InChI=1S/C23H28N6O/c1-24-23(26-15-9-14-25-22(30)19-12-7-4-8-13-19)29(2)17-21-27-16-20(28-21)18-10-5-3-6-11-18/h3-8,10-13,16H,9,14-15,17H2,1-2H3,(H,24,26)(H,25,30)(H,27,28). The first-order valence-corrected chi connectivity index (χ1v) is 10.0. The number of aliphatic imine (C=N–C) groups is 1. The third-order valence-corrected chi connectivity index (χ3v) is 4.63. The second-order valence-corrected chi connectivity index (χ2v) is 6.92. The van der Waals surface area contributed by atoms with E-state index in [-0.39, 0.29) is 5.91 Å². The molecule has 1 aromatic heterocycles. The average molecular weight is 405 g/mol. The minimum atomic E-state index is -0.0517. The topological polar surface area (TPSA) is 85.4 Å². The summed E-state index contributed by atoms with van der Waals surface area (Å²) in [6.07, 6.45) is 2.65. The summed E-state index contributed by atoms with van der Waals surface area (Å²) in [5.74, 6) is 1.60. The summed E-state index contributed by atoms with van der Waals surface area (Å²) in [5.41, 5.74) is 2.78. The molecule has 0 spiro atoms. The number of imidazole rings is 1. The Hall–Kier alpha value is -3.61. The molecule has 0 fully saturated rings. The monoisotopic (exact) mass is 404 g/mol. The van der Waals surface area contributed by atoms with Gasteiger partial charge in [-0.25, -0.2) is 4.98 Å². The fourth-order valence-corrected chi connectivity index (χ4v) is 3.07. The van der Waals surface area contributed by atoms with Crippen LogP contribution in [-0.4, -0.2) is 53.9 Å². The van der Waals surface area contributed by atoms with Crippen LogP contribution in [0.3, 0.4) is 0 Å². The zero-order valence-electron chi connectivity index (χ0n) is 17.4. The number of amides is 1. The fourth-order valence-electron chi connectivity index (χ4n) is 3.07. The van der Waals surface area contributed by atoms with Gasteiger partial charge in [-0.2, -0.15) is 0 Å². The maximum absolute atomic E-state index is 12.0. The van der Waals surface area contributed by atoms with E-state index in [1.54, 1.807) is 7.05 Å². The van der Waals surface area contributed by atoms with Crippen molar-refractivity contribution in [3.63, 3.8) is 0 Å². The van der Waals surface area contributed by atoms with Gasteiger partial charge >= 0.3 is 0 Å². The molecular formula is C23H28N6O. The molecule has 0 radical (unpaired) electrons. The molecule has 3 aromatic rings. The largest absolute Gasteiger partial charge is 0.356 e. The lowest BCUT2D eigenvalue weighted by Gasteiger charge is -2.21. The van der Waals surface area contributed by atoms with Gasteiger partial charge in [-0.3, -0.25) is 9.79 Å². The summed E-state index contributed by atoms with van der Waals surface area (Å²) in [7, 11) is 3.73. The molecule has 0 bridgehead atoms. The molecule has 0 aliphatic carbocycles. The Bertz CT molecular complexity index is 952. The lowest BCUT2D eigenvalue weighted by atomic mass is 10.2. The number of aromatic nitrogens is 2. The lowest BCUT2D eigenvalue weighted by molar-refractivity contribution is 0.0953. The number of rotatable bonds is 8. The van der Waals surface area contributed by atoms with Crippen LogP contribution in [0.15, 0.2) is 71.9 Å². The summed E-state index contributed by atoms with van der Waals surface area (Å²) >= 11 is 0. The van der Waals surface area contributed by atoms with Crippen LogP contribution in [0.5, 0.6) is 0 Å². The quantitative estimate of drug-likeness (QED) is 0.306. The number of aromatic amines is 1. The molecule has 0 unspecified atom stereocenters. The Morgan fingerprint density at radius 1 is 1.03 bits per heavy atom. The van der Waals surface area contributed by atoms with E-state index in [4.69, 9.17) is 0 Å². The van der Waals surface area contributed by atoms with Crippen LogP contribution in [0.4, 0.5) is 0 Å². The van der Waals surface area contributed by atoms with Crippen LogP contribution in [0.2, 0.25) is 0 Å². The second-order valence-electron chi connectivity index (χ2n) is 6.92. The zero-order valence-corrected chi connectivity index (χ0v) is 17.4. The molecule has 3 rings (SSSR count). The molecule has 0 aliphatic rings. The molecule has 156 valence electrons. The van der Waals surface area contributed by atoms with E-state index in [1.165, 1.54) is 0 Å². The van der Waals surface area contributed by atoms with Gasteiger partial charge < -0.3 is 20.5 Å². The SMILES string of the molecule is CN=C(NCCCNC(=O)c1ccccc1)N(C)Cc1ncc(-c2ccccc2)[nH]1. The van der Waals surface area contributed by atoms with Crippen LogP contribution in [0, 0.1) is 0 Å².